The highest BCUT2D eigenvalue weighted by atomic mass is 79.9. The van der Waals surface area contributed by atoms with Gasteiger partial charge in [-0.25, -0.2) is 4.79 Å². The van der Waals surface area contributed by atoms with Gasteiger partial charge in [-0.05, 0) is 49.1 Å². The van der Waals surface area contributed by atoms with Gasteiger partial charge in [-0.2, -0.15) is 0 Å². The zero-order chi connectivity index (χ0) is 15.5. The molecule has 2 aromatic rings. The Labute approximate surface area is 139 Å². The van der Waals surface area contributed by atoms with E-state index >= 15 is 0 Å². The first kappa shape index (κ1) is 15.1. The number of nitrogens with one attached hydrogen (secondary N) is 1. The van der Waals surface area contributed by atoms with Crippen LogP contribution in [0.3, 0.4) is 0 Å². The average Bonchev–Trinajstić information content (AvgIpc) is 2.83. The standard InChI is InChI=1S/C18H19BrN2O/c1-13-11-15-6-2-3-8-17(15)21(13)18(22)20-10-9-14-5-4-7-16(19)12-14/h2-8,12-13H,9-11H2,1H3,(H,20,22). The van der Waals surface area contributed by atoms with Crippen molar-refractivity contribution in [2.24, 2.45) is 0 Å². The molecule has 114 valence electrons. The van der Waals surface area contributed by atoms with Crippen LogP contribution in [0.4, 0.5) is 10.5 Å². The Morgan fingerprint density at radius 2 is 2.09 bits per heavy atom. The molecule has 2 amide bonds. The molecular weight excluding hydrogens is 340 g/mol. The van der Waals surface area contributed by atoms with Gasteiger partial charge in [0.05, 0.1) is 0 Å². The highest BCUT2D eigenvalue weighted by Gasteiger charge is 2.30. The molecule has 1 aliphatic rings. The second-order valence-corrected chi connectivity index (χ2v) is 6.58. The number of benzene rings is 2. The Morgan fingerprint density at radius 1 is 1.27 bits per heavy atom. The number of hydrogen-bond donors (Lipinski definition) is 1. The summed E-state index contributed by atoms with van der Waals surface area (Å²) in [7, 11) is 0. The van der Waals surface area contributed by atoms with Crippen molar-refractivity contribution < 1.29 is 4.79 Å². The van der Waals surface area contributed by atoms with E-state index in [1.165, 1.54) is 11.1 Å². The van der Waals surface area contributed by atoms with Crippen molar-refractivity contribution >= 4 is 27.6 Å². The maximum absolute atomic E-state index is 12.5. The minimum Gasteiger partial charge on any atom is -0.337 e. The summed E-state index contributed by atoms with van der Waals surface area (Å²) in [6.45, 7) is 2.73. The number of rotatable bonds is 3. The number of para-hydroxylation sites is 1. The molecule has 0 fully saturated rings. The van der Waals surface area contributed by atoms with Gasteiger partial charge in [0.1, 0.15) is 0 Å². The zero-order valence-corrected chi connectivity index (χ0v) is 14.1. The SMILES string of the molecule is CC1Cc2ccccc2N1C(=O)NCCc1cccc(Br)c1. The molecule has 22 heavy (non-hydrogen) atoms. The van der Waals surface area contributed by atoms with E-state index in [0.29, 0.717) is 6.54 Å². The molecule has 3 nitrogen and oxygen atoms in total. The van der Waals surface area contributed by atoms with Crippen LogP contribution in [0.5, 0.6) is 0 Å². The van der Waals surface area contributed by atoms with Crippen LogP contribution >= 0.6 is 15.9 Å². The first-order chi connectivity index (χ1) is 10.6. The number of anilines is 1. The third kappa shape index (κ3) is 3.17. The second-order valence-electron chi connectivity index (χ2n) is 5.66. The highest BCUT2D eigenvalue weighted by Crippen LogP contribution is 2.31. The fourth-order valence-corrected chi connectivity index (χ4v) is 3.41. The van der Waals surface area contributed by atoms with E-state index in [1.807, 2.05) is 35.2 Å². The Morgan fingerprint density at radius 3 is 2.91 bits per heavy atom. The van der Waals surface area contributed by atoms with Crippen LogP contribution in [0, 0.1) is 0 Å². The molecular formula is C18H19BrN2O. The van der Waals surface area contributed by atoms with E-state index < -0.39 is 0 Å². The number of halogens is 1. The molecule has 1 N–H and O–H groups in total. The number of hydrogen-bond acceptors (Lipinski definition) is 1. The van der Waals surface area contributed by atoms with Crippen molar-refractivity contribution in [1.29, 1.82) is 0 Å². The predicted molar refractivity (Wildman–Crippen MR) is 93.3 cm³/mol. The summed E-state index contributed by atoms with van der Waals surface area (Å²) in [6.07, 6.45) is 1.75. The lowest BCUT2D eigenvalue weighted by atomic mass is 10.1. The molecule has 3 rings (SSSR count). The van der Waals surface area contributed by atoms with Crippen molar-refractivity contribution in [3.8, 4) is 0 Å². The maximum atomic E-state index is 12.5. The molecule has 1 heterocycles. The third-order valence-corrected chi connectivity index (χ3v) is 4.50. The summed E-state index contributed by atoms with van der Waals surface area (Å²) >= 11 is 3.47. The molecule has 1 atom stereocenters. The van der Waals surface area contributed by atoms with Crippen molar-refractivity contribution in [3.63, 3.8) is 0 Å². The molecule has 2 aromatic carbocycles. The van der Waals surface area contributed by atoms with E-state index in [-0.39, 0.29) is 12.1 Å². The number of amides is 2. The first-order valence-electron chi connectivity index (χ1n) is 7.54. The van der Waals surface area contributed by atoms with Gasteiger partial charge in [0.25, 0.3) is 0 Å². The summed E-state index contributed by atoms with van der Waals surface area (Å²) in [5, 5.41) is 3.04. The van der Waals surface area contributed by atoms with Gasteiger partial charge in [0, 0.05) is 22.7 Å². The highest BCUT2D eigenvalue weighted by molar-refractivity contribution is 9.10. The second kappa shape index (κ2) is 6.53. The van der Waals surface area contributed by atoms with Crippen LogP contribution in [0.1, 0.15) is 18.1 Å². The van der Waals surface area contributed by atoms with Gasteiger partial charge in [-0.1, -0.05) is 46.3 Å². The van der Waals surface area contributed by atoms with Crippen molar-refractivity contribution in [1.82, 2.24) is 5.32 Å². The molecule has 0 saturated heterocycles. The van der Waals surface area contributed by atoms with E-state index in [9.17, 15) is 4.79 Å². The van der Waals surface area contributed by atoms with E-state index in [2.05, 4.69) is 46.4 Å². The largest absolute Gasteiger partial charge is 0.337 e. The molecule has 0 saturated carbocycles. The summed E-state index contributed by atoms with van der Waals surface area (Å²) in [4.78, 5) is 14.4. The first-order valence-corrected chi connectivity index (χ1v) is 8.34. The fourth-order valence-electron chi connectivity index (χ4n) is 2.97. The topological polar surface area (TPSA) is 32.3 Å². The van der Waals surface area contributed by atoms with E-state index in [0.717, 1.165) is 23.0 Å². The lowest BCUT2D eigenvalue weighted by Gasteiger charge is -2.23. The molecule has 1 aliphatic heterocycles. The van der Waals surface area contributed by atoms with Gasteiger partial charge < -0.3 is 5.32 Å². The monoisotopic (exact) mass is 358 g/mol. The number of fused-ring (bicyclic) bond motifs is 1. The number of urea groups is 1. The van der Waals surface area contributed by atoms with Crippen LogP contribution in [0.15, 0.2) is 53.0 Å². The van der Waals surface area contributed by atoms with Crippen LogP contribution in [0.25, 0.3) is 0 Å². The van der Waals surface area contributed by atoms with Gasteiger partial charge >= 0.3 is 6.03 Å². The normalized spacial score (nSPS) is 16.5. The number of nitrogens with zero attached hydrogens (tertiary/aromatic N) is 1. The van der Waals surface area contributed by atoms with Crippen LogP contribution in [-0.2, 0) is 12.8 Å². The maximum Gasteiger partial charge on any atom is 0.322 e. The Kier molecular flexibility index (Phi) is 4.48. The number of carbonyl (C=O) groups is 1. The lowest BCUT2D eigenvalue weighted by molar-refractivity contribution is 0.245. The number of carbonyl (C=O) groups excluding carboxylic acids is 1. The molecule has 0 aliphatic carbocycles. The Balaban J connectivity index is 1.61. The molecule has 0 radical (unpaired) electrons. The quantitative estimate of drug-likeness (QED) is 0.877. The average molecular weight is 359 g/mol. The summed E-state index contributed by atoms with van der Waals surface area (Å²) in [5.41, 5.74) is 3.50. The predicted octanol–water partition coefficient (Wildman–Crippen LogP) is 4.15. The molecule has 1 unspecified atom stereocenters. The van der Waals surface area contributed by atoms with Gasteiger partial charge in [-0.3, -0.25) is 4.90 Å². The van der Waals surface area contributed by atoms with Crippen LogP contribution in [-0.4, -0.2) is 18.6 Å². The van der Waals surface area contributed by atoms with Gasteiger partial charge in [0.15, 0.2) is 0 Å². The minimum absolute atomic E-state index is 0.00699. The van der Waals surface area contributed by atoms with Crippen LogP contribution < -0.4 is 10.2 Å². The van der Waals surface area contributed by atoms with Crippen molar-refractivity contribution in [3.05, 3.63) is 64.1 Å². The smallest absolute Gasteiger partial charge is 0.322 e. The van der Waals surface area contributed by atoms with Gasteiger partial charge in [-0.15, -0.1) is 0 Å². The third-order valence-electron chi connectivity index (χ3n) is 4.00. The zero-order valence-electron chi connectivity index (χ0n) is 12.6. The Hall–Kier alpha value is -1.81. The molecule has 0 aromatic heterocycles. The van der Waals surface area contributed by atoms with E-state index in [1.54, 1.807) is 0 Å². The summed E-state index contributed by atoms with van der Waals surface area (Å²) in [6, 6.07) is 16.5. The van der Waals surface area contributed by atoms with Crippen molar-refractivity contribution in [2.75, 3.05) is 11.4 Å². The molecule has 0 bridgehead atoms. The molecule has 4 heteroatoms. The Bertz CT molecular complexity index is 686. The molecule has 0 spiro atoms. The van der Waals surface area contributed by atoms with Crippen molar-refractivity contribution in [2.45, 2.75) is 25.8 Å². The van der Waals surface area contributed by atoms with E-state index in [4.69, 9.17) is 0 Å². The summed E-state index contributed by atoms with van der Waals surface area (Å²) in [5.74, 6) is 0. The lowest BCUT2D eigenvalue weighted by Crippen LogP contribution is -2.43. The minimum atomic E-state index is -0.00699. The summed E-state index contributed by atoms with van der Waals surface area (Å²) < 4.78 is 1.07. The van der Waals surface area contributed by atoms with Gasteiger partial charge in [0.2, 0.25) is 0 Å². The van der Waals surface area contributed by atoms with Crippen LogP contribution in [0.2, 0.25) is 0 Å². The fraction of sp³-hybridized carbons (Fsp3) is 0.278.